The van der Waals surface area contributed by atoms with Gasteiger partial charge in [0.1, 0.15) is 11.5 Å². The average Bonchev–Trinajstić information content (AvgIpc) is 3.27. The summed E-state index contributed by atoms with van der Waals surface area (Å²) in [5, 5.41) is 35.0. The Morgan fingerprint density at radius 2 is 1.65 bits per heavy atom. The maximum atomic E-state index is 14.3. The van der Waals surface area contributed by atoms with Gasteiger partial charge in [-0.3, -0.25) is 39.4 Å². The van der Waals surface area contributed by atoms with Crippen LogP contribution >= 0.6 is 0 Å². The van der Waals surface area contributed by atoms with Crippen molar-refractivity contribution in [2.45, 2.75) is 25.7 Å². The molecule has 2 amide bonds. The molecular weight excluding hydrogens is 600 g/mol. The fraction of sp³-hybridized carbons (Fsp3) is 0.312. The number of Topliss-reactive ketones (excluding diaryl/α,β-unsaturated/α-hetero) is 1. The van der Waals surface area contributed by atoms with Crippen molar-refractivity contribution in [2.75, 3.05) is 31.0 Å². The van der Waals surface area contributed by atoms with Gasteiger partial charge >= 0.3 is 11.4 Å². The van der Waals surface area contributed by atoms with E-state index < -0.39 is 68.3 Å². The number of nitrogens with zero attached hydrogens (tertiary/aromatic N) is 4. The minimum atomic E-state index is -1.05. The Balaban J connectivity index is 1.51. The van der Waals surface area contributed by atoms with E-state index in [1.165, 1.54) is 45.2 Å². The molecule has 2 aromatic carbocycles. The van der Waals surface area contributed by atoms with E-state index in [2.05, 4.69) is 0 Å². The van der Waals surface area contributed by atoms with Gasteiger partial charge in [0.25, 0.3) is 0 Å². The van der Waals surface area contributed by atoms with Crippen LogP contribution in [0.5, 0.6) is 11.5 Å². The Hall–Kier alpha value is -5.66. The van der Waals surface area contributed by atoms with Crippen LogP contribution in [-0.4, -0.2) is 59.5 Å². The van der Waals surface area contributed by atoms with Gasteiger partial charge in [-0.25, -0.2) is 4.90 Å². The molecule has 0 spiro atoms. The van der Waals surface area contributed by atoms with Crippen molar-refractivity contribution < 1.29 is 38.9 Å². The first-order valence-electron chi connectivity index (χ1n) is 14.4. The third-order valence-electron chi connectivity index (χ3n) is 9.27. The van der Waals surface area contributed by atoms with Gasteiger partial charge in [-0.2, -0.15) is 0 Å². The van der Waals surface area contributed by atoms with Crippen molar-refractivity contribution in [3.8, 4) is 11.5 Å². The topological polar surface area (TPSA) is 190 Å². The molecule has 0 aromatic heterocycles. The van der Waals surface area contributed by atoms with E-state index in [9.17, 15) is 44.5 Å². The molecule has 0 radical (unpaired) electrons. The van der Waals surface area contributed by atoms with Crippen LogP contribution in [0.25, 0.3) is 0 Å². The zero-order chi connectivity index (χ0) is 33.4. The molecule has 3 aliphatic carbocycles. The maximum Gasteiger partial charge on any atom is 0.301 e. The molecule has 6 rings (SSSR count). The van der Waals surface area contributed by atoms with E-state index in [0.29, 0.717) is 5.57 Å². The summed E-state index contributed by atoms with van der Waals surface area (Å²) in [6, 6.07) is 6.53. The summed E-state index contributed by atoms with van der Waals surface area (Å²) in [7, 11) is 4.20. The van der Waals surface area contributed by atoms with Crippen molar-refractivity contribution >= 4 is 46.1 Å². The summed E-state index contributed by atoms with van der Waals surface area (Å²) >= 11 is 0. The lowest BCUT2D eigenvalue weighted by Gasteiger charge is -2.42. The Morgan fingerprint density at radius 1 is 1.00 bits per heavy atom. The molecule has 1 aliphatic heterocycles. The predicted molar refractivity (Wildman–Crippen MR) is 163 cm³/mol. The van der Waals surface area contributed by atoms with E-state index in [1.54, 1.807) is 18.2 Å². The highest BCUT2D eigenvalue weighted by molar-refractivity contribution is 6.25. The Bertz CT molecular complexity index is 1870. The summed E-state index contributed by atoms with van der Waals surface area (Å²) in [5.41, 5.74) is -0.590. The summed E-state index contributed by atoms with van der Waals surface area (Å²) in [6.45, 7) is 1.51. The number of nitro benzene ring substituents is 2. The number of amides is 2. The normalized spacial score (nSPS) is 23.8. The largest absolute Gasteiger partial charge is 0.507 e. The zero-order valence-electron chi connectivity index (χ0n) is 25.2. The summed E-state index contributed by atoms with van der Waals surface area (Å²) in [4.78, 5) is 79.5. The fourth-order valence-electron chi connectivity index (χ4n) is 7.42. The van der Waals surface area contributed by atoms with E-state index in [0.717, 1.165) is 17.0 Å². The van der Waals surface area contributed by atoms with Gasteiger partial charge in [-0.15, -0.1) is 0 Å². The molecule has 1 heterocycles. The minimum Gasteiger partial charge on any atom is -0.507 e. The molecule has 14 heteroatoms. The number of ketones is 2. The lowest BCUT2D eigenvalue weighted by molar-refractivity contribution is -0.392. The van der Waals surface area contributed by atoms with Gasteiger partial charge in [-0.1, -0.05) is 17.7 Å². The first-order chi connectivity index (χ1) is 21.8. The number of fused-ring (bicyclic) bond motifs is 3. The second kappa shape index (κ2) is 10.8. The van der Waals surface area contributed by atoms with Crippen LogP contribution in [-0.2, 0) is 19.2 Å². The highest BCUT2D eigenvalue weighted by atomic mass is 16.6. The lowest BCUT2D eigenvalue weighted by Crippen LogP contribution is -2.40. The number of ether oxygens (including phenoxy) is 1. The predicted octanol–water partition coefficient (Wildman–Crippen LogP) is 3.92. The number of benzene rings is 2. The van der Waals surface area contributed by atoms with E-state index >= 15 is 0 Å². The van der Waals surface area contributed by atoms with Crippen LogP contribution < -0.4 is 14.5 Å². The van der Waals surface area contributed by atoms with Crippen LogP contribution in [0, 0.1) is 38.0 Å². The number of carbonyl (C=O) groups excluding carboxylic acids is 4. The van der Waals surface area contributed by atoms with Crippen molar-refractivity contribution in [1.29, 1.82) is 0 Å². The molecule has 2 aromatic rings. The van der Waals surface area contributed by atoms with Crippen molar-refractivity contribution in [2.24, 2.45) is 17.8 Å². The van der Waals surface area contributed by atoms with Gasteiger partial charge < -0.3 is 14.7 Å². The number of carbonyl (C=O) groups is 4. The number of phenolic OH excluding ortho intramolecular Hbond substituents is 1. The number of allylic oxidation sites excluding steroid dienone is 6. The second-order valence-corrected chi connectivity index (χ2v) is 11.9. The van der Waals surface area contributed by atoms with E-state index in [1.807, 2.05) is 0 Å². The SMILES string of the molecule is COc1cccc(O)c1C1C2=CCC3C(=O)N(c4cc([N+](=O)[O-])c(N(C)C)c([N+](=O)[O-])c4)C(=O)C3C2CC2=C1C(=O)C=C(C)C2=O. The second-order valence-electron chi connectivity index (χ2n) is 11.9. The number of imide groups is 1. The van der Waals surface area contributed by atoms with E-state index in [4.69, 9.17) is 4.74 Å². The van der Waals surface area contributed by atoms with Crippen LogP contribution in [0.15, 0.2) is 64.8 Å². The third kappa shape index (κ3) is 4.31. The number of hydrogen-bond donors (Lipinski definition) is 1. The van der Waals surface area contributed by atoms with Gasteiger partial charge in [-0.05, 0) is 43.9 Å². The highest BCUT2D eigenvalue weighted by Crippen LogP contribution is 2.58. The molecule has 236 valence electrons. The number of rotatable bonds is 6. The van der Waals surface area contributed by atoms with Gasteiger partial charge in [0.15, 0.2) is 17.3 Å². The third-order valence-corrected chi connectivity index (χ3v) is 9.27. The number of aromatic hydroxyl groups is 1. The molecule has 4 atom stereocenters. The Labute approximate surface area is 261 Å². The van der Waals surface area contributed by atoms with Crippen molar-refractivity contribution in [3.63, 3.8) is 0 Å². The Kier molecular flexibility index (Phi) is 7.10. The quantitative estimate of drug-likeness (QED) is 0.160. The van der Waals surface area contributed by atoms with Crippen molar-refractivity contribution in [1.82, 2.24) is 0 Å². The molecule has 0 saturated carbocycles. The molecule has 1 saturated heterocycles. The first-order valence-corrected chi connectivity index (χ1v) is 14.4. The number of anilines is 2. The fourth-order valence-corrected chi connectivity index (χ4v) is 7.42. The molecule has 0 bridgehead atoms. The molecule has 1 fully saturated rings. The summed E-state index contributed by atoms with van der Waals surface area (Å²) in [6.07, 6.45) is 2.99. The minimum absolute atomic E-state index is 0.0444. The number of nitro groups is 2. The standard InChI is InChI=1S/C32H28N4O10/c1-14-10-23(38)26-19(30(14)39)13-18-16(27(26)28-22(37)6-5-7-24(28)46-4)8-9-17-25(18)32(41)34(31(17)40)15-11-20(35(42)43)29(33(2)3)21(12-15)36(44)45/h5-8,10-12,17-18,25,27,37H,9,13H2,1-4H3. The van der Waals surface area contributed by atoms with E-state index in [-0.39, 0.29) is 58.0 Å². The van der Waals surface area contributed by atoms with Gasteiger partial charge in [0, 0.05) is 54.4 Å². The lowest BCUT2D eigenvalue weighted by atomic mass is 9.59. The zero-order valence-corrected chi connectivity index (χ0v) is 25.2. The Morgan fingerprint density at radius 3 is 2.24 bits per heavy atom. The molecule has 46 heavy (non-hydrogen) atoms. The van der Waals surface area contributed by atoms with Crippen LogP contribution in [0.2, 0.25) is 0 Å². The number of phenols is 1. The van der Waals surface area contributed by atoms with Crippen LogP contribution in [0.3, 0.4) is 0 Å². The molecule has 4 aliphatic rings. The maximum absolute atomic E-state index is 14.3. The summed E-state index contributed by atoms with van der Waals surface area (Å²) < 4.78 is 5.54. The smallest absolute Gasteiger partial charge is 0.301 e. The summed E-state index contributed by atoms with van der Waals surface area (Å²) in [5.74, 6) is -5.91. The average molecular weight is 629 g/mol. The molecule has 4 unspecified atom stereocenters. The number of hydrogen-bond acceptors (Lipinski definition) is 11. The molecule has 1 N–H and O–H groups in total. The van der Waals surface area contributed by atoms with Crippen LogP contribution in [0.1, 0.15) is 31.2 Å². The monoisotopic (exact) mass is 628 g/mol. The molecular formula is C32H28N4O10. The van der Waals surface area contributed by atoms with Crippen molar-refractivity contribution in [3.05, 3.63) is 90.6 Å². The molecule has 14 nitrogen and oxygen atoms in total. The highest BCUT2D eigenvalue weighted by Gasteiger charge is 2.57. The number of methoxy groups -OCH3 is 1. The van der Waals surface area contributed by atoms with Gasteiger partial charge in [0.2, 0.25) is 11.8 Å². The van der Waals surface area contributed by atoms with Gasteiger partial charge in [0.05, 0.1) is 34.5 Å². The first kappa shape index (κ1) is 30.4. The van der Waals surface area contributed by atoms with Crippen LogP contribution in [0.4, 0.5) is 22.7 Å².